The van der Waals surface area contributed by atoms with Crippen molar-refractivity contribution in [2.24, 2.45) is 0 Å². The Kier molecular flexibility index (Phi) is 3.79. The lowest BCUT2D eigenvalue weighted by Gasteiger charge is -2.07. The number of anilines is 1. The minimum absolute atomic E-state index is 0.0977. The molecule has 0 radical (unpaired) electrons. The number of ether oxygens (including phenoxy) is 1. The summed E-state index contributed by atoms with van der Waals surface area (Å²) in [6, 6.07) is 5.13. The zero-order valence-corrected chi connectivity index (χ0v) is 11.0. The second-order valence-corrected chi connectivity index (χ2v) is 4.20. The van der Waals surface area contributed by atoms with Gasteiger partial charge in [0, 0.05) is 12.2 Å². The van der Waals surface area contributed by atoms with E-state index in [-0.39, 0.29) is 6.61 Å². The molecule has 100 valence electrons. The fourth-order valence-corrected chi connectivity index (χ4v) is 1.81. The van der Waals surface area contributed by atoms with Gasteiger partial charge in [0.05, 0.1) is 5.56 Å². The maximum Gasteiger partial charge on any atom is 0.338 e. The van der Waals surface area contributed by atoms with Crippen LogP contribution in [-0.4, -0.2) is 20.7 Å². The van der Waals surface area contributed by atoms with Crippen molar-refractivity contribution in [2.45, 2.75) is 27.0 Å². The third-order valence-corrected chi connectivity index (χ3v) is 2.66. The molecule has 0 saturated heterocycles. The summed E-state index contributed by atoms with van der Waals surface area (Å²) in [4.78, 5) is 15.9. The van der Waals surface area contributed by atoms with Crippen LogP contribution < -0.4 is 5.73 Å². The first-order chi connectivity index (χ1) is 9.10. The average molecular weight is 260 g/mol. The summed E-state index contributed by atoms with van der Waals surface area (Å²) >= 11 is 0. The lowest BCUT2D eigenvalue weighted by Crippen LogP contribution is -2.10. The summed E-state index contributed by atoms with van der Waals surface area (Å²) in [6.45, 7) is 4.60. The molecule has 0 saturated carbocycles. The van der Waals surface area contributed by atoms with Gasteiger partial charge in [0.1, 0.15) is 6.33 Å². The molecule has 2 aromatic rings. The van der Waals surface area contributed by atoms with E-state index in [1.807, 2.05) is 13.8 Å². The summed E-state index contributed by atoms with van der Waals surface area (Å²) in [6.07, 6.45) is 1.44. The molecular formula is C13H16N4O2. The first kappa shape index (κ1) is 13.1. The Labute approximate surface area is 111 Å². The van der Waals surface area contributed by atoms with Gasteiger partial charge in [-0.15, -0.1) is 0 Å². The summed E-state index contributed by atoms with van der Waals surface area (Å²) in [5.74, 6) is 0.206. The number of carbonyl (C=O) groups is 1. The van der Waals surface area contributed by atoms with Gasteiger partial charge in [-0.05, 0) is 37.6 Å². The molecule has 2 N–H and O–H groups in total. The second-order valence-electron chi connectivity index (χ2n) is 4.20. The maximum absolute atomic E-state index is 11.9. The zero-order valence-electron chi connectivity index (χ0n) is 11.0. The van der Waals surface area contributed by atoms with Crippen molar-refractivity contribution in [3.63, 3.8) is 0 Å². The van der Waals surface area contributed by atoms with E-state index in [1.165, 1.54) is 6.33 Å². The van der Waals surface area contributed by atoms with Crippen molar-refractivity contribution >= 4 is 11.7 Å². The van der Waals surface area contributed by atoms with E-state index in [0.717, 1.165) is 5.56 Å². The van der Waals surface area contributed by atoms with E-state index in [4.69, 9.17) is 10.5 Å². The number of nitrogen functional groups attached to an aromatic ring is 1. The molecule has 1 heterocycles. The largest absolute Gasteiger partial charge is 0.454 e. The highest BCUT2D eigenvalue weighted by Gasteiger charge is 2.11. The minimum Gasteiger partial charge on any atom is -0.454 e. The van der Waals surface area contributed by atoms with Crippen LogP contribution in [-0.2, 0) is 17.9 Å². The molecule has 0 aliphatic heterocycles. The predicted molar refractivity (Wildman–Crippen MR) is 70.4 cm³/mol. The van der Waals surface area contributed by atoms with E-state index < -0.39 is 5.97 Å². The van der Waals surface area contributed by atoms with Gasteiger partial charge in [-0.25, -0.2) is 14.5 Å². The van der Waals surface area contributed by atoms with Gasteiger partial charge in [0.15, 0.2) is 12.4 Å². The molecule has 6 heteroatoms. The topological polar surface area (TPSA) is 83.0 Å². The van der Waals surface area contributed by atoms with Crippen molar-refractivity contribution in [3.8, 4) is 0 Å². The lowest BCUT2D eigenvalue weighted by atomic mass is 10.1. The molecular weight excluding hydrogens is 244 g/mol. The van der Waals surface area contributed by atoms with Crippen LogP contribution in [0.2, 0.25) is 0 Å². The standard InChI is InChI=1S/C13H16N4O2/c1-3-17-12(15-8-16-17)7-19-13(18)10-4-9(2)5-11(14)6-10/h4-6,8H,3,7,14H2,1-2H3. The Bertz CT molecular complexity index is 572. The molecule has 0 spiro atoms. The first-order valence-corrected chi connectivity index (χ1v) is 6.01. The Morgan fingerprint density at radius 1 is 1.42 bits per heavy atom. The van der Waals surface area contributed by atoms with E-state index in [0.29, 0.717) is 23.6 Å². The molecule has 19 heavy (non-hydrogen) atoms. The van der Waals surface area contributed by atoms with Crippen LogP contribution in [0.15, 0.2) is 24.5 Å². The molecule has 0 unspecified atom stereocenters. The van der Waals surface area contributed by atoms with Gasteiger partial charge in [-0.3, -0.25) is 0 Å². The number of hydrogen-bond donors (Lipinski definition) is 1. The molecule has 0 bridgehead atoms. The molecule has 0 fully saturated rings. The van der Waals surface area contributed by atoms with Crippen molar-refractivity contribution in [1.29, 1.82) is 0 Å². The van der Waals surface area contributed by atoms with E-state index in [1.54, 1.807) is 22.9 Å². The van der Waals surface area contributed by atoms with Crippen LogP contribution in [0.1, 0.15) is 28.7 Å². The van der Waals surface area contributed by atoms with Crippen LogP contribution in [0.25, 0.3) is 0 Å². The number of carbonyl (C=O) groups excluding carboxylic acids is 1. The van der Waals surface area contributed by atoms with Crippen LogP contribution in [0.5, 0.6) is 0 Å². The number of aromatic nitrogens is 3. The normalized spacial score (nSPS) is 10.4. The van der Waals surface area contributed by atoms with Crippen LogP contribution >= 0.6 is 0 Å². The highest BCUT2D eigenvalue weighted by Crippen LogP contribution is 2.13. The smallest absolute Gasteiger partial charge is 0.338 e. The number of benzene rings is 1. The van der Waals surface area contributed by atoms with Crippen LogP contribution in [0, 0.1) is 6.92 Å². The van der Waals surface area contributed by atoms with Crippen LogP contribution in [0.3, 0.4) is 0 Å². The minimum atomic E-state index is -0.416. The summed E-state index contributed by atoms with van der Waals surface area (Å²) in [5, 5.41) is 4.01. The highest BCUT2D eigenvalue weighted by molar-refractivity contribution is 5.90. The SMILES string of the molecule is CCn1ncnc1COC(=O)c1cc(C)cc(N)c1. The molecule has 6 nitrogen and oxygen atoms in total. The molecule has 2 rings (SSSR count). The Balaban J connectivity index is 2.05. The van der Waals surface area contributed by atoms with Gasteiger partial charge >= 0.3 is 5.97 Å². The predicted octanol–water partition coefficient (Wildman–Crippen LogP) is 1.55. The van der Waals surface area contributed by atoms with E-state index in [9.17, 15) is 4.79 Å². The number of aryl methyl sites for hydroxylation is 2. The fraction of sp³-hybridized carbons (Fsp3) is 0.308. The Morgan fingerprint density at radius 3 is 2.89 bits per heavy atom. The number of hydrogen-bond acceptors (Lipinski definition) is 5. The third kappa shape index (κ3) is 3.09. The van der Waals surface area contributed by atoms with Crippen molar-refractivity contribution in [1.82, 2.24) is 14.8 Å². The number of nitrogens with zero attached hydrogens (tertiary/aromatic N) is 3. The summed E-state index contributed by atoms with van der Waals surface area (Å²) in [7, 11) is 0. The Hall–Kier alpha value is -2.37. The van der Waals surface area contributed by atoms with Gasteiger partial charge in [-0.1, -0.05) is 0 Å². The first-order valence-electron chi connectivity index (χ1n) is 6.01. The second kappa shape index (κ2) is 5.51. The molecule has 0 amide bonds. The Morgan fingerprint density at radius 2 is 2.21 bits per heavy atom. The monoisotopic (exact) mass is 260 g/mol. The van der Waals surface area contributed by atoms with Crippen molar-refractivity contribution in [2.75, 3.05) is 5.73 Å². The quantitative estimate of drug-likeness (QED) is 0.666. The van der Waals surface area contributed by atoms with Crippen LogP contribution in [0.4, 0.5) is 5.69 Å². The number of nitrogens with two attached hydrogens (primary N) is 1. The van der Waals surface area contributed by atoms with Gasteiger partial charge in [-0.2, -0.15) is 5.10 Å². The fourth-order valence-electron chi connectivity index (χ4n) is 1.81. The van der Waals surface area contributed by atoms with E-state index in [2.05, 4.69) is 10.1 Å². The zero-order chi connectivity index (χ0) is 13.8. The highest BCUT2D eigenvalue weighted by atomic mass is 16.5. The van der Waals surface area contributed by atoms with Crippen molar-refractivity contribution < 1.29 is 9.53 Å². The summed E-state index contributed by atoms with van der Waals surface area (Å²) in [5.41, 5.74) is 7.61. The molecule has 1 aromatic carbocycles. The average Bonchev–Trinajstić information content (AvgIpc) is 2.82. The molecule has 0 atom stereocenters. The third-order valence-electron chi connectivity index (χ3n) is 2.66. The molecule has 0 aliphatic carbocycles. The maximum atomic E-state index is 11.9. The summed E-state index contributed by atoms with van der Waals surface area (Å²) < 4.78 is 6.89. The van der Waals surface area contributed by atoms with Gasteiger partial charge in [0.2, 0.25) is 0 Å². The van der Waals surface area contributed by atoms with E-state index >= 15 is 0 Å². The molecule has 0 aliphatic rings. The van der Waals surface area contributed by atoms with Gasteiger partial charge < -0.3 is 10.5 Å². The van der Waals surface area contributed by atoms with Crippen molar-refractivity contribution in [3.05, 3.63) is 41.5 Å². The lowest BCUT2D eigenvalue weighted by molar-refractivity contribution is 0.0457. The van der Waals surface area contributed by atoms with Gasteiger partial charge in [0.25, 0.3) is 0 Å². The number of esters is 1. The number of rotatable bonds is 4. The molecule has 1 aromatic heterocycles.